The Morgan fingerprint density at radius 2 is 1.89 bits per heavy atom. The Morgan fingerprint density at radius 1 is 1.17 bits per heavy atom. The molecule has 1 N–H and O–H groups in total. The second-order valence-electron chi connectivity index (χ2n) is 5.78. The molecule has 1 unspecified atom stereocenters. The molecule has 1 atom stereocenters. The molecule has 0 amide bonds. The zero-order valence-electron chi connectivity index (χ0n) is 11.9. The minimum Gasteiger partial charge on any atom is -0.313 e. The van der Waals surface area contributed by atoms with Crippen molar-refractivity contribution in [3.63, 3.8) is 0 Å². The largest absolute Gasteiger partial charge is 0.313 e. The second kappa shape index (κ2) is 6.35. The van der Waals surface area contributed by atoms with Crippen molar-refractivity contribution in [3.8, 4) is 0 Å². The summed E-state index contributed by atoms with van der Waals surface area (Å²) in [6.07, 6.45) is 1.20. The number of nitrogens with zero attached hydrogens (tertiary/aromatic N) is 1. The molecule has 0 bridgehead atoms. The van der Waals surface area contributed by atoms with Crippen LogP contribution in [0.2, 0.25) is 0 Å². The number of rotatable bonds is 5. The highest BCUT2D eigenvalue weighted by Gasteiger charge is 2.15. The van der Waals surface area contributed by atoms with Gasteiger partial charge < -0.3 is 5.32 Å². The molecule has 2 rings (SSSR count). The summed E-state index contributed by atoms with van der Waals surface area (Å²) in [5.41, 5.74) is 3.05. The van der Waals surface area contributed by atoms with E-state index in [0.717, 1.165) is 19.6 Å². The third kappa shape index (κ3) is 3.56. The smallest absolute Gasteiger partial charge is 0.0237 e. The fraction of sp³-hybridized carbons (Fsp3) is 0.625. The van der Waals surface area contributed by atoms with Crippen molar-refractivity contribution in [1.29, 1.82) is 0 Å². The Bertz CT molecular complexity index is 373. The van der Waals surface area contributed by atoms with E-state index in [4.69, 9.17) is 0 Å². The van der Waals surface area contributed by atoms with Crippen molar-refractivity contribution >= 4 is 0 Å². The van der Waals surface area contributed by atoms with E-state index in [-0.39, 0.29) is 0 Å². The van der Waals surface area contributed by atoms with Gasteiger partial charge >= 0.3 is 0 Å². The van der Waals surface area contributed by atoms with Crippen LogP contribution < -0.4 is 5.32 Å². The summed E-state index contributed by atoms with van der Waals surface area (Å²) < 4.78 is 0. The minimum atomic E-state index is 0.613. The van der Waals surface area contributed by atoms with Gasteiger partial charge in [-0.3, -0.25) is 4.90 Å². The molecule has 100 valence electrons. The van der Waals surface area contributed by atoms with Gasteiger partial charge in [-0.15, -0.1) is 0 Å². The Morgan fingerprint density at radius 3 is 2.61 bits per heavy atom. The van der Waals surface area contributed by atoms with Gasteiger partial charge in [-0.25, -0.2) is 0 Å². The number of fused-ring (bicyclic) bond motifs is 1. The summed E-state index contributed by atoms with van der Waals surface area (Å²) in [7, 11) is 0. The number of benzene rings is 1. The molecular formula is C16H26N2. The molecule has 18 heavy (non-hydrogen) atoms. The third-order valence-electron chi connectivity index (χ3n) is 4.10. The maximum Gasteiger partial charge on any atom is 0.0237 e. The van der Waals surface area contributed by atoms with Crippen LogP contribution >= 0.6 is 0 Å². The van der Waals surface area contributed by atoms with Crippen LogP contribution in [0.25, 0.3) is 0 Å². The Kier molecular flexibility index (Phi) is 4.79. The van der Waals surface area contributed by atoms with Gasteiger partial charge in [0.2, 0.25) is 0 Å². The lowest BCUT2D eigenvalue weighted by Crippen LogP contribution is -2.40. The van der Waals surface area contributed by atoms with Gasteiger partial charge in [-0.05, 0) is 30.4 Å². The van der Waals surface area contributed by atoms with Crippen molar-refractivity contribution in [2.75, 3.05) is 19.6 Å². The third-order valence-corrected chi connectivity index (χ3v) is 4.10. The summed E-state index contributed by atoms with van der Waals surface area (Å²) in [6.45, 7) is 11.4. The van der Waals surface area contributed by atoms with E-state index in [2.05, 4.69) is 55.3 Å². The Hall–Kier alpha value is -0.860. The SMILES string of the molecule is CC(C)C(C)NCCN1CCc2ccccc2C1. The van der Waals surface area contributed by atoms with Crippen molar-refractivity contribution in [1.82, 2.24) is 10.2 Å². The molecule has 1 aliphatic heterocycles. The lowest BCUT2D eigenvalue weighted by Gasteiger charge is -2.29. The molecule has 0 aliphatic carbocycles. The summed E-state index contributed by atoms with van der Waals surface area (Å²) in [5, 5.41) is 3.61. The van der Waals surface area contributed by atoms with Crippen LogP contribution in [0.5, 0.6) is 0 Å². The lowest BCUT2D eigenvalue weighted by molar-refractivity contribution is 0.247. The first kappa shape index (κ1) is 13.6. The Balaban J connectivity index is 1.76. The maximum absolute atomic E-state index is 3.61. The zero-order chi connectivity index (χ0) is 13.0. The van der Waals surface area contributed by atoms with E-state index in [0.29, 0.717) is 12.0 Å². The van der Waals surface area contributed by atoms with Gasteiger partial charge in [-0.2, -0.15) is 0 Å². The average Bonchev–Trinajstić information content (AvgIpc) is 2.38. The first-order valence-electron chi connectivity index (χ1n) is 7.19. The van der Waals surface area contributed by atoms with Crippen LogP contribution in [0.4, 0.5) is 0 Å². The van der Waals surface area contributed by atoms with Crippen LogP contribution in [-0.4, -0.2) is 30.6 Å². The minimum absolute atomic E-state index is 0.613. The molecule has 1 heterocycles. The van der Waals surface area contributed by atoms with Gasteiger partial charge in [0.15, 0.2) is 0 Å². The van der Waals surface area contributed by atoms with Crippen molar-refractivity contribution in [2.24, 2.45) is 5.92 Å². The van der Waals surface area contributed by atoms with Gasteiger partial charge in [0.1, 0.15) is 0 Å². The second-order valence-corrected chi connectivity index (χ2v) is 5.78. The first-order chi connectivity index (χ1) is 8.66. The standard InChI is InChI=1S/C16H26N2/c1-13(2)14(3)17-9-11-18-10-8-15-6-4-5-7-16(15)12-18/h4-7,13-14,17H,8-12H2,1-3H3. The molecule has 2 heteroatoms. The van der Waals surface area contributed by atoms with Crippen LogP contribution in [0, 0.1) is 5.92 Å². The molecule has 0 aromatic heterocycles. The van der Waals surface area contributed by atoms with E-state index in [9.17, 15) is 0 Å². The average molecular weight is 246 g/mol. The molecule has 1 aliphatic rings. The van der Waals surface area contributed by atoms with E-state index in [1.54, 1.807) is 0 Å². The number of hydrogen-bond acceptors (Lipinski definition) is 2. The predicted molar refractivity (Wildman–Crippen MR) is 77.7 cm³/mol. The zero-order valence-corrected chi connectivity index (χ0v) is 11.9. The van der Waals surface area contributed by atoms with Gasteiger partial charge in [-0.1, -0.05) is 38.1 Å². The van der Waals surface area contributed by atoms with Gasteiger partial charge in [0.05, 0.1) is 0 Å². The van der Waals surface area contributed by atoms with E-state index < -0.39 is 0 Å². The highest BCUT2D eigenvalue weighted by atomic mass is 15.1. The molecule has 0 radical (unpaired) electrons. The number of hydrogen-bond donors (Lipinski definition) is 1. The van der Waals surface area contributed by atoms with E-state index >= 15 is 0 Å². The highest BCUT2D eigenvalue weighted by Crippen LogP contribution is 2.17. The summed E-state index contributed by atoms with van der Waals surface area (Å²) in [5.74, 6) is 0.715. The lowest BCUT2D eigenvalue weighted by atomic mass is 10.00. The molecule has 2 nitrogen and oxygen atoms in total. The quantitative estimate of drug-likeness (QED) is 0.859. The van der Waals surface area contributed by atoms with Crippen molar-refractivity contribution in [2.45, 2.75) is 39.8 Å². The van der Waals surface area contributed by atoms with Crippen LogP contribution in [0.1, 0.15) is 31.9 Å². The van der Waals surface area contributed by atoms with Gasteiger partial charge in [0, 0.05) is 32.2 Å². The van der Waals surface area contributed by atoms with Crippen LogP contribution in [0.3, 0.4) is 0 Å². The van der Waals surface area contributed by atoms with Crippen molar-refractivity contribution in [3.05, 3.63) is 35.4 Å². The maximum atomic E-state index is 3.61. The Labute approximate surface area is 111 Å². The van der Waals surface area contributed by atoms with E-state index in [1.807, 2.05) is 0 Å². The monoisotopic (exact) mass is 246 g/mol. The predicted octanol–water partition coefficient (Wildman–Crippen LogP) is 2.68. The molecule has 0 spiro atoms. The van der Waals surface area contributed by atoms with E-state index in [1.165, 1.54) is 24.1 Å². The molecule has 0 fully saturated rings. The normalized spacial score (nSPS) is 17.8. The molecule has 1 aromatic rings. The van der Waals surface area contributed by atoms with Crippen LogP contribution in [0.15, 0.2) is 24.3 Å². The molecular weight excluding hydrogens is 220 g/mol. The molecule has 0 saturated carbocycles. The summed E-state index contributed by atoms with van der Waals surface area (Å²) in [4.78, 5) is 2.56. The fourth-order valence-corrected chi connectivity index (χ4v) is 2.43. The molecule has 0 saturated heterocycles. The van der Waals surface area contributed by atoms with Crippen molar-refractivity contribution < 1.29 is 0 Å². The first-order valence-corrected chi connectivity index (χ1v) is 7.19. The van der Waals surface area contributed by atoms with Crippen LogP contribution in [-0.2, 0) is 13.0 Å². The fourth-order valence-electron chi connectivity index (χ4n) is 2.43. The summed E-state index contributed by atoms with van der Waals surface area (Å²) >= 11 is 0. The molecule has 1 aromatic carbocycles. The highest BCUT2D eigenvalue weighted by molar-refractivity contribution is 5.28. The summed E-state index contributed by atoms with van der Waals surface area (Å²) in [6, 6.07) is 9.46. The van der Waals surface area contributed by atoms with Gasteiger partial charge in [0.25, 0.3) is 0 Å². The number of nitrogens with one attached hydrogen (secondary N) is 1. The topological polar surface area (TPSA) is 15.3 Å².